The van der Waals surface area contributed by atoms with Crippen molar-refractivity contribution in [2.75, 3.05) is 0 Å². The molecule has 0 fully saturated rings. The molecule has 0 aromatic carbocycles. The summed E-state index contributed by atoms with van der Waals surface area (Å²) in [5.41, 5.74) is 0. The van der Waals surface area contributed by atoms with E-state index in [0.29, 0.717) is 6.42 Å². The fourth-order valence-electron chi connectivity index (χ4n) is 1.07. The van der Waals surface area contributed by atoms with Gasteiger partial charge in [0, 0.05) is 6.08 Å². The van der Waals surface area contributed by atoms with E-state index in [2.05, 4.69) is 6.92 Å². The number of aliphatic hydroxyl groups is 1. The Morgan fingerprint density at radius 2 is 2.15 bits per heavy atom. The van der Waals surface area contributed by atoms with E-state index >= 15 is 0 Å². The number of rotatable bonds is 7. The van der Waals surface area contributed by atoms with Gasteiger partial charge in [-0.2, -0.15) is 0 Å². The fraction of sp³-hybridized carbons (Fsp3) is 0.700. The van der Waals surface area contributed by atoms with Crippen molar-refractivity contribution >= 4 is 5.97 Å². The third kappa shape index (κ3) is 9.08. The number of aliphatic hydroxyl groups excluding tert-OH is 1. The Labute approximate surface area is 79.1 Å². The minimum atomic E-state index is -0.958. The van der Waals surface area contributed by atoms with E-state index in [9.17, 15) is 9.90 Å². The highest BCUT2D eigenvalue weighted by Crippen LogP contribution is 2.06. The standard InChI is InChI=1S/C10H18O3/c1-2-3-4-6-9(11)7-5-8-10(12)13/h5,8-9,11H,2-4,6-7H2,1H3,(H,12,13)/b8-5-/t9-/m0/s1. The highest BCUT2D eigenvalue weighted by Gasteiger charge is 2.00. The molecule has 76 valence electrons. The molecule has 2 N–H and O–H groups in total. The lowest BCUT2D eigenvalue weighted by Crippen LogP contribution is -2.04. The van der Waals surface area contributed by atoms with Crippen LogP contribution in [-0.2, 0) is 4.79 Å². The molecule has 0 unspecified atom stereocenters. The molecule has 0 heterocycles. The summed E-state index contributed by atoms with van der Waals surface area (Å²) in [7, 11) is 0. The molecule has 0 spiro atoms. The first-order chi connectivity index (χ1) is 6.16. The van der Waals surface area contributed by atoms with Gasteiger partial charge < -0.3 is 10.2 Å². The Morgan fingerprint density at radius 1 is 1.46 bits per heavy atom. The van der Waals surface area contributed by atoms with E-state index in [1.54, 1.807) is 0 Å². The van der Waals surface area contributed by atoms with Gasteiger partial charge in [-0.3, -0.25) is 0 Å². The summed E-state index contributed by atoms with van der Waals surface area (Å²) < 4.78 is 0. The quantitative estimate of drug-likeness (QED) is 0.472. The van der Waals surface area contributed by atoms with Crippen molar-refractivity contribution < 1.29 is 15.0 Å². The van der Waals surface area contributed by atoms with E-state index in [4.69, 9.17) is 5.11 Å². The third-order valence-corrected chi connectivity index (χ3v) is 1.81. The summed E-state index contributed by atoms with van der Waals surface area (Å²) in [5, 5.41) is 17.6. The van der Waals surface area contributed by atoms with Gasteiger partial charge in [-0.15, -0.1) is 0 Å². The van der Waals surface area contributed by atoms with Crippen LogP contribution in [0.2, 0.25) is 0 Å². The maximum atomic E-state index is 10.1. The summed E-state index contributed by atoms with van der Waals surface area (Å²) in [6.45, 7) is 2.11. The summed E-state index contributed by atoms with van der Waals surface area (Å²) in [5.74, 6) is -0.958. The second kappa shape index (κ2) is 7.80. The first-order valence-corrected chi connectivity index (χ1v) is 4.74. The lowest BCUT2D eigenvalue weighted by Gasteiger charge is -2.05. The van der Waals surface area contributed by atoms with Crippen molar-refractivity contribution in [3.63, 3.8) is 0 Å². The number of unbranched alkanes of at least 4 members (excludes halogenated alkanes) is 2. The third-order valence-electron chi connectivity index (χ3n) is 1.81. The van der Waals surface area contributed by atoms with Gasteiger partial charge in [0.1, 0.15) is 0 Å². The van der Waals surface area contributed by atoms with Crippen LogP contribution in [0.5, 0.6) is 0 Å². The van der Waals surface area contributed by atoms with Crippen molar-refractivity contribution in [2.24, 2.45) is 0 Å². The zero-order valence-corrected chi connectivity index (χ0v) is 8.07. The van der Waals surface area contributed by atoms with E-state index in [-0.39, 0.29) is 6.10 Å². The van der Waals surface area contributed by atoms with Gasteiger partial charge in [0.25, 0.3) is 0 Å². The SMILES string of the molecule is CCCCC[C@H](O)C/C=C\C(=O)O. The lowest BCUT2D eigenvalue weighted by atomic mass is 10.1. The molecule has 0 rings (SSSR count). The van der Waals surface area contributed by atoms with Crippen LogP contribution in [0.25, 0.3) is 0 Å². The Morgan fingerprint density at radius 3 is 2.69 bits per heavy atom. The zero-order chi connectivity index (χ0) is 10.1. The number of hydrogen-bond acceptors (Lipinski definition) is 2. The highest BCUT2D eigenvalue weighted by molar-refractivity contribution is 5.79. The Bertz CT molecular complexity index is 164. The number of hydrogen-bond donors (Lipinski definition) is 2. The van der Waals surface area contributed by atoms with Gasteiger partial charge in [-0.1, -0.05) is 32.3 Å². The molecule has 0 aliphatic heterocycles. The molecule has 13 heavy (non-hydrogen) atoms. The van der Waals surface area contributed by atoms with Crippen molar-refractivity contribution in [3.05, 3.63) is 12.2 Å². The van der Waals surface area contributed by atoms with Crippen LogP contribution < -0.4 is 0 Å². The fourth-order valence-corrected chi connectivity index (χ4v) is 1.07. The molecular weight excluding hydrogens is 168 g/mol. The second-order valence-corrected chi connectivity index (χ2v) is 3.13. The van der Waals surface area contributed by atoms with E-state index in [1.807, 2.05) is 0 Å². The highest BCUT2D eigenvalue weighted by atomic mass is 16.4. The zero-order valence-electron chi connectivity index (χ0n) is 8.07. The number of carbonyl (C=O) groups is 1. The van der Waals surface area contributed by atoms with Gasteiger partial charge in [-0.25, -0.2) is 4.79 Å². The van der Waals surface area contributed by atoms with Crippen LogP contribution in [0.4, 0.5) is 0 Å². The van der Waals surface area contributed by atoms with E-state index in [0.717, 1.165) is 31.8 Å². The van der Waals surface area contributed by atoms with Crippen molar-refractivity contribution in [1.29, 1.82) is 0 Å². The van der Waals surface area contributed by atoms with Crippen molar-refractivity contribution in [1.82, 2.24) is 0 Å². The molecule has 0 radical (unpaired) electrons. The molecule has 3 nitrogen and oxygen atoms in total. The molecule has 0 aliphatic carbocycles. The Hall–Kier alpha value is -0.830. The first-order valence-electron chi connectivity index (χ1n) is 4.74. The van der Waals surface area contributed by atoms with Gasteiger partial charge in [0.15, 0.2) is 0 Å². The monoisotopic (exact) mass is 186 g/mol. The minimum Gasteiger partial charge on any atom is -0.478 e. The molecule has 0 bridgehead atoms. The van der Waals surface area contributed by atoms with Gasteiger partial charge >= 0.3 is 5.97 Å². The predicted molar refractivity (Wildman–Crippen MR) is 51.5 cm³/mol. The van der Waals surface area contributed by atoms with E-state index in [1.165, 1.54) is 6.08 Å². The molecule has 1 atom stereocenters. The van der Waals surface area contributed by atoms with Crippen molar-refractivity contribution in [2.45, 2.75) is 45.1 Å². The van der Waals surface area contributed by atoms with Crippen LogP contribution in [0.15, 0.2) is 12.2 Å². The minimum absolute atomic E-state index is 0.387. The molecule has 0 saturated heterocycles. The normalized spacial score (nSPS) is 13.4. The molecular formula is C10H18O3. The second-order valence-electron chi connectivity index (χ2n) is 3.13. The summed E-state index contributed by atoms with van der Waals surface area (Å²) in [6.07, 6.45) is 6.66. The van der Waals surface area contributed by atoms with Crippen molar-refractivity contribution in [3.8, 4) is 0 Å². The summed E-state index contributed by atoms with van der Waals surface area (Å²) >= 11 is 0. The molecule has 0 aromatic rings. The number of carboxylic acid groups (broad SMARTS) is 1. The lowest BCUT2D eigenvalue weighted by molar-refractivity contribution is -0.131. The average Bonchev–Trinajstić information content (AvgIpc) is 2.04. The smallest absolute Gasteiger partial charge is 0.327 e. The van der Waals surface area contributed by atoms with Crippen LogP contribution in [0.1, 0.15) is 39.0 Å². The molecule has 0 saturated carbocycles. The Kier molecular flexibility index (Phi) is 7.30. The topological polar surface area (TPSA) is 57.5 Å². The largest absolute Gasteiger partial charge is 0.478 e. The van der Waals surface area contributed by atoms with E-state index < -0.39 is 5.97 Å². The van der Waals surface area contributed by atoms with Crippen LogP contribution in [-0.4, -0.2) is 22.3 Å². The van der Waals surface area contributed by atoms with Crippen LogP contribution in [0, 0.1) is 0 Å². The van der Waals surface area contributed by atoms with Gasteiger partial charge in [0.05, 0.1) is 6.10 Å². The van der Waals surface area contributed by atoms with Gasteiger partial charge in [0.2, 0.25) is 0 Å². The Balaban J connectivity index is 3.39. The molecule has 0 aliphatic rings. The van der Waals surface area contributed by atoms with Crippen LogP contribution >= 0.6 is 0 Å². The maximum Gasteiger partial charge on any atom is 0.327 e. The average molecular weight is 186 g/mol. The molecule has 0 aromatic heterocycles. The summed E-state index contributed by atoms with van der Waals surface area (Å²) in [4.78, 5) is 10.1. The first kappa shape index (κ1) is 12.2. The summed E-state index contributed by atoms with van der Waals surface area (Å²) in [6, 6.07) is 0. The predicted octanol–water partition coefficient (Wildman–Crippen LogP) is 1.96. The number of carboxylic acids is 1. The molecule has 3 heteroatoms. The maximum absolute atomic E-state index is 10.1. The number of aliphatic carboxylic acids is 1. The molecule has 0 amide bonds. The van der Waals surface area contributed by atoms with Crippen LogP contribution in [0.3, 0.4) is 0 Å². The van der Waals surface area contributed by atoms with Gasteiger partial charge in [-0.05, 0) is 12.8 Å².